The zero-order chi connectivity index (χ0) is 17.6. The van der Waals surface area contributed by atoms with Gasteiger partial charge in [-0.15, -0.1) is 0 Å². The van der Waals surface area contributed by atoms with Gasteiger partial charge < -0.3 is 15.0 Å². The standard InChI is InChI=1S/C17H20FN3O3S/c1-10(22)19-6-13-7-21(17(23)24-13)11-2-3-16(15(18)5-11)20-8-14-4-12(20)9-25-14/h2-3,5,12-14H,4,6-9H2,1H3,(H,19,22)/t12-,13?,14-/m0/s1. The normalized spacial score (nSPS) is 27.8. The lowest BCUT2D eigenvalue weighted by Crippen LogP contribution is -2.34. The highest BCUT2D eigenvalue weighted by Gasteiger charge is 2.40. The van der Waals surface area contributed by atoms with Gasteiger partial charge in [-0.3, -0.25) is 9.69 Å². The minimum absolute atomic E-state index is 0.178. The van der Waals surface area contributed by atoms with Crippen molar-refractivity contribution in [3.63, 3.8) is 0 Å². The Labute approximate surface area is 149 Å². The lowest BCUT2D eigenvalue weighted by molar-refractivity contribution is -0.119. The van der Waals surface area contributed by atoms with Crippen molar-refractivity contribution < 1.29 is 18.7 Å². The first-order valence-electron chi connectivity index (χ1n) is 8.41. The number of benzene rings is 1. The van der Waals surface area contributed by atoms with E-state index in [-0.39, 0.29) is 18.3 Å². The van der Waals surface area contributed by atoms with Crippen molar-refractivity contribution in [2.24, 2.45) is 0 Å². The molecule has 25 heavy (non-hydrogen) atoms. The van der Waals surface area contributed by atoms with E-state index in [0.717, 1.165) is 18.7 Å². The van der Waals surface area contributed by atoms with Crippen LogP contribution in [0.1, 0.15) is 13.3 Å². The average molecular weight is 365 g/mol. The molecule has 2 amide bonds. The number of nitrogens with one attached hydrogen (secondary N) is 1. The van der Waals surface area contributed by atoms with E-state index in [4.69, 9.17) is 4.74 Å². The smallest absolute Gasteiger partial charge is 0.414 e. The number of fused-ring (bicyclic) bond motifs is 2. The molecule has 0 spiro atoms. The van der Waals surface area contributed by atoms with Crippen LogP contribution in [0, 0.1) is 5.82 Å². The number of amides is 2. The summed E-state index contributed by atoms with van der Waals surface area (Å²) in [6, 6.07) is 5.33. The van der Waals surface area contributed by atoms with Crippen LogP contribution in [0.4, 0.5) is 20.6 Å². The highest BCUT2D eigenvalue weighted by Crippen LogP contribution is 2.41. The summed E-state index contributed by atoms with van der Waals surface area (Å²) in [5.41, 5.74) is 1.09. The van der Waals surface area contributed by atoms with Crippen LogP contribution in [0.2, 0.25) is 0 Å². The average Bonchev–Trinajstić information content (AvgIpc) is 3.28. The summed E-state index contributed by atoms with van der Waals surface area (Å²) in [4.78, 5) is 26.6. The highest BCUT2D eigenvalue weighted by molar-refractivity contribution is 8.00. The number of hydrogen-bond donors (Lipinski definition) is 1. The van der Waals surface area contributed by atoms with Crippen molar-refractivity contribution in [2.45, 2.75) is 30.7 Å². The third-order valence-electron chi connectivity index (χ3n) is 4.91. The third-order valence-corrected chi connectivity index (χ3v) is 6.30. The molecule has 3 saturated heterocycles. The summed E-state index contributed by atoms with van der Waals surface area (Å²) >= 11 is 1.96. The Morgan fingerprint density at radius 3 is 2.92 bits per heavy atom. The van der Waals surface area contributed by atoms with Gasteiger partial charge in [0.05, 0.1) is 24.5 Å². The predicted molar refractivity (Wildman–Crippen MR) is 94.7 cm³/mol. The van der Waals surface area contributed by atoms with E-state index in [1.54, 1.807) is 12.1 Å². The van der Waals surface area contributed by atoms with Crippen LogP contribution < -0.4 is 15.1 Å². The number of rotatable bonds is 4. The lowest BCUT2D eigenvalue weighted by atomic mass is 10.2. The molecule has 8 heteroatoms. The van der Waals surface area contributed by atoms with Gasteiger partial charge in [-0.1, -0.05) is 0 Å². The number of anilines is 2. The molecule has 1 aromatic rings. The van der Waals surface area contributed by atoms with Crippen molar-refractivity contribution in [3.05, 3.63) is 24.0 Å². The van der Waals surface area contributed by atoms with Gasteiger partial charge in [0.2, 0.25) is 5.91 Å². The van der Waals surface area contributed by atoms with Crippen LogP contribution >= 0.6 is 11.8 Å². The Hall–Kier alpha value is -1.96. The van der Waals surface area contributed by atoms with Gasteiger partial charge >= 0.3 is 6.09 Å². The molecule has 1 N–H and O–H groups in total. The number of halogens is 1. The molecule has 2 bridgehead atoms. The monoisotopic (exact) mass is 365 g/mol. The van der Waals surface area contributed by atoms with E-state index in [0.29, 0.717) is 29.2 Å². The summed E-state index contributed by atoms with van der Waals surface area (Å²) in [5.74, 6) is 0.561. The largest absolute Gasteiger partial charge is 0.442 e. The number of carbonyl (C=O) groups is 2. The second-order valence-electron chi connectivity index (χ2n) is 6.69. The maximum Gasteiger partial charge on any atom is 0.414 e. The van der Waals surface area contributed by atoms with E-state index in [1.165, 1.54) is 17.9 Å². The van der Waals surface area contributed by atoms with E-state index >= 15 is 0 Å². The van der Waals surface area contributed by atoms with Gasteiger partial charge in [0.1, 0.15) is 11.9 Å². The van der Waals surface area contributed by atoms with E-state index in [2.05, 4.69) is 10.2 Å². The Balaban J connectivity index is 1.47. The molecule has 1 aromatic carbocycles. The zero-order valence-electron chi connectivity index (χ0n) is 13.9. The van der Waals surface area contributed by atoms with E-state index in [9.17, 15) is 14.0 Å². The van der Waals surface area contributed by atoms with Gasteiger partial charge in [-0.2, -0.15) is 11.8 Å². The van der Waals surface area contributed by atoms with Crippen LogP contribution in [-0.4, -0.2) is 54.8 Å². The van der Waals surface area contributed by atoms with Crippen LogP contribution in [-0.2, 0) is 9.53 Å². The molecule has 3 aliphatic rings. The fourth-order valence-corrected chi connectivity index (χ4v) is 5.12. The Bertz CT molecular complexity index is 716. The molecular formula is C17H20FN3O3S. The number of ether oxygens (including phenoxy) is 1. The minimum Gasteiger partial charge on any atom is -0.442 e. The van der Waals surface area contributed by atoms with Crippen molar-refractivity contribution in [2.75, 3.05) is 35.2 Å². The van der Waals surface area contributed by atoms with Crippen LogP contribution in [0.3, 0.4) is 0 Å². The first-order chi connectivity index (χ1) is 12.0. The molecule has 0 aromatic heterocycles. The molecule has 134 valence electrons. The molecule has 3 atom stereocenters. The predicted octanol–water partition coefficient (Wildman–Crippen LogP) is 1.98. The molecule has 3 heterocycles. The topological polar surface area (TPSA) is 61.9 Å². The Morgan fingerprint density at radius 1 is 1.44 bits per heavy atom. The molecule has 0 saturated carbocycles. The Kier molecular flexibility index (Phi) is 4.23. The summed E-state index contributed by atoms with van der Waals surface area (Å²) in [6.45, 7) is 2.85. The van der Waals surface area contributed by atoms with Gasteiger partial charge in [-0.25, -0.2) is 9.18 Å². The van der Waals surface area contributed by atoms with Gasteiger partial charge in [-0.05, 0) is 24.6 Å². The quantitative estimate of drug-likeness (QED) is 0.884. The molecule has 1 unspecified atom stereocenters. The number of thioether (sulfide) groups is 1. The highest BCUT2D eigenvalue weighted by atomic mass is 32.2. The minimum atomic E-state index is -0.515. The number of carbonyl (C=O) groups excluding carboxylic acids is 2. The maximum absolute atomic E-state index is 14.7. The zero-order valence-corrected chi connectivity index (χ0v) is 14.7. The SMILES string of the molecule is CC(=O)NCC1CN(c2ccc(N3C[C@@H]4C[C@H]3CS4)c(F)c2)C(=O)O1. The van der Waals surface area contributed by atoms with Crippen molar-refractivity contribution >= 4 is 35.1 Å². The van der Waals surface area contributed by atoms with E-state index < -0.39 is 12.2 Å². The Morgan fingerprint density at radius 2 is 2.28 bits per heavy atom. The molecule has 0 aliphatic carbocycles. The lowest BCUT2D eigenvalue weighted by Gasteiger charge is -2.29. The molecule has 4 rings (SSSR count). The molecule has 3 fully saturated rings. The number of hydrogen-bond acceptors (Lipinski definition) is 5. The van der Waals surface area contributed by atoms with Crippen LogP contribution in [0.25, 0.3) is 0 Å². The van der Waals surface area contributed by atoms with Crippen molar-refractivity contribution in [1.82, 2.24) is 5.32 Å². The first-order valence-corrected chi connectivity index (χ1v) is 9.46. The summed E-state index contributed by atoms with van der Waals surface area (Å²) in [5, 5.41) is 3.23. The van der Waals surface area contributed by atoms with Crippen molar-refractivity contribution in [3.8, 4) is 0 Å². The van der Waals surface area contributed by atoms with Crippen molar-refractivity contribution in [1.29, 1.82) is 0 Å². The second-order valence-corrected chi connectivity index (χ2v) is 8.02. The maximum atomic E-state index is 14.7. The van der Waals surface area contributed by atoms with Gasteiger partial charge in [0.25, 0.3) is 0 Å². The second kappa shape index (κ2) is 6.40. The fourth-order valence-electron chi connectivity index (χ4n) is 3.69. The fraction of sp³-hybridized carbons (Fsp3) is 0.529. The molecule has 3 aliphatic heterocycles. The van der Waals surface area contributed by atoms with E-state index in [1.807, 2.05) is 11.8 Å². The molecule has 0 radical (unpaired) electrons. The summed E-state index contributed by atoms with van der Waals surface area (Å²) in [7, 11) is 0. The summed E-state index contributed by atoms with van der Waals surface area (Å²) in [6.07, 6.45) is 0.180. The summed E-state index contributed by atoms with van der Waals surface area (Å²) < 4.78 is 19.9. The van der Waals surface area contributed by atoms with Crippen LogP contribution in [0.5, 0.6) is 0 Å². The van der Waals surface area contributed by atoms with Gasteiger partial charge in [0, 0.05) is 30.5 Å². The first kappa shape index (κ1) is 16.5. The third kappa shape index (κ3) is 3.15. The molecular weight excluding hydrogens is 345 g/mol. The van der Waals surface area contributed by atoms with Crippen LogP contribution in [0.15, 0.2) is 18.2 Å². The van der Waals surface area contributed by atoms with Gasteiger partial charge in [0.15, 0.2) is 0 Å². The number of cyclic esters (lactones) is 1. The molecule has 6 nitrogen and oxygen atoms in total. The number of nitrogens with zero attached hydrogens (tertiary/aromatic N) is 2.